The summed E-state index contributed by atoms with van der Waals surface area (Å²) in [6.45, 7) is 2.71. The molecule has 1 aliphatic heterocycles. The highest BCUT2D eigenvalue weighted by Gasteiger charge is 2.26. The third kappa shape index (κ3) is 2.27. The Balaban J connectivity index is 1.91. The van der Waals surface area contributed by atoms with Crippen LogP contribution in [0.2, 0.25) is 0 Å². The first kappa shape index (κ1) is 9.98. The first-order chi connectivity index (χ1) is 7.15. The van der Waals surface area contributed by atoms with Crippen LogP contribution in [0.15, 0.2) is 22.6 Å². The highest BCUT2D eigenvalue weighted by atomic mass is 16.3. The smallest absolute Gasteiger partial charge is 0.246 e. The summed E-state index contributed by atoms with van der Waals surface area (Å²) in [5, 5.41) is 9.02. The summed E-state index contributed by atoms with van der Waals surface area (Å²) in [5.41, 5.74) is 0. The van der Waals surface area contributed by atoms with Crippen LogP contribution < -0.4 is 0 Å². The molecule has 1 amide bonds. The summed E-state index contributed by atoms with van der Waals surface area (Å²) in [6.07, 6.45) is 2.75. The third-order valence-electron chi connectivity index (χ3n) is 2.33. The monoisotopic (exact) mass is 207 g/mol. The molecule has 0 aliphatic carbocycles. The molecule has 1 fully saturated rings. The van der Waals surface area contributed by atoms with Crippen LogP contribution in [-0.4, -0.2) is 35.1 Å². The van der Waals surface area contributed by atoms with Crippen molar-refractivity contribution in [2.45, 2.75) is 13.0 Å². The fourth-order valence-corrected chi connectivity index (χ4v) is 1.44. The molecule has 0 saturated carbocycles. The van der Waals surface area contributed by atoms with Crippen molar-refractivity contribution in [3.8, 4) is 0 Å². The van der Waals surface area contributed by atoms with E-state index in [-0.39, 0.29) is 12.0 Å². The van der Waals surface area contributed by atoms with Gasteiger partial charge in [-0.1, -0.05) is 0 Å². The minimum absolute atomic E-state index is 0.0886. The van der Waals surface area contributed by atoms with Crippen molar-refractivity contribution in [2.24, 2.45) is 0 Å². The van der Waals surface area contributed by atoms with Gasteiger partial charge in [-0.15, -0.1) is 0 Å². The molecule has 1 aromatic rings. The minimum atomic E-state index is -0.354. The number of furan rings is 1. The molecule has 1 saturated heterocycles. The van der Waals surface area contributed by atoms with E-state index < -0.39 is 0 Å². The molecular formula is C11H13NO3. The molecule has 0 radical (unpaired) electrons. The van der Waals surface area contributed by atoms with Crippen LogP contribution in [0.1, 0.15) is 11.5 Å². The first-order valence-corrected chi connectivity index (χ1v) is 4.86. The first-order valence-electron chi connectivity index (χ1n) is 4.86. The van der Waals surface area contributed by atoms with Crippen molar-refractivity contribution < 1.29 is 14.3 Å². The summed E-state index contributed by atoms with van der Waals surface area (Å²) >= 11 is 0. The standard InChI is InChI=1S/C11H13NO3/c1-8-2-3-10(15-8)4-5-11(14)12-6-9(13)7-12/h2-5,9,13H,6-7H2,1H3/b5-4+. The minimum Gasteiger partial charge on any atom is -0.462 e. The number of nitrogens with zero attached hydrogens (tertiary/aromatic N) is 1. The zero-order chi connectivity index (χ0) is 10.8. The number of amides is 1. The zero-order valence-corrected chi connectivity index (χ0v) is 8.51. The number of rotatable bonds is 2. The predicted molar refractivity (Wildman–Crippen MR) is 55.1 cm³/mol. The van der Waals surface area contributed by atoms with E-state index in [0.29, 0.717) is 18.8 Å². The van der Waals surface area contributed by atoms with E-state index in [1.165, 1.54) is 6.08 Å². The number of aryl methyl sites for hydroxylation is 1. The summed E-state index contributed by atoms with van der Waals surface area (Å²) in [5.74, 6) is 1.40. The van der Waals surface area contributed by atoms with E-state index in [4.69, 9.17) is 9.52 Å². The Morgan fingerprint density at radius 3 is 2.87 bits per heavy atom. The molecule has 2 heterocycles. The predicted octanol–water partition coefficient (Wildman–Crippen LogP) is 0.804. The van der Waals surface area contributed by atoms with Crippen LogP contribution >= 0.6 is 0 Å². The topological polar surface area (TPSA) is 53.7 Å². The number of carbonyl (C=O) groups excluding carboxylic acids is 1. The fraction of sp³-hybridized carbons (Fsp3) is 0.364. The number of hydrogen-bond acceptors (Lipinski definition) is 3. The van der Waals surface area contributed by atoms with Gasteiger partial charge in [0.15, 0.2) is 0 Å². The van der Waals surface area contributed by atoms with Crippen LogP contribution in [0, 0.1) is 6.92 Å². The molecule has 80 valence electrons. The van der Waals surface area contributed by atoms with E-state index in [1.807, 2.05) is 19.1 Å². The van der Waals surface area contributed by atoms with E-state index in [1.54, 1.807) is 11.0 Å². The Hall–Kier alpha value is -1.55. The van der Waals surface area contributed by atoms with Gasteiger partial charge in [-0.25, -0.2) is 0 Å². The summed E-state index contributed by atoms with van der Waals surface area (Å²) in [6, 6.07) is 3.65. The second-order valence-electron chi connectivity index (χ2n) is 3.68. The van der Waals surface area contributed by atoms with Gasteiger partial charge in [-0.05, 0) is 25.1 Å². The molecule has 1 aromatic heterocycles. The molecule has 0 spiro atoms. The van der Waals surface area contributed by atoms with Crippen molar-refractivity contribution >= 4 is 12.0 Å². The van der Waals surface area contributed by atoms with Gasteiger partial charge >= 0.3 is 0 Å². The lowest BCUT2D eigenvalue weighted by molar-refractivity contribution is -0.135. The molecular weight excluding hydrogens is 194 g/mol. The van der Waals surface area contributed by atoms with Crippen LogP contribution in [0.4, 0.5) is 0 Å². The van der Waals surface area contributed by atoms with E-state index in [2.05, 4.69) is 0 Å². The maximum Gasteiger partial charge on any atom is 0.246 e. The Morgan fingerprint density at radius 1 is 1.60 bits per heavy atom. The fourth-order valence-electron chi connectivity index (χ4n) is 1.44. The average molecular weight is 207 g/mol. The largest absolute Gasteiger partial charge is 0.462 e. The number of carbonyl (C=O) groups is 1. The van der Waals surface area contributed by atoms with Crippen LogP contribution in [0.25, 0.3) is 6.08 Å². The van der Waals surface area contributed by atoms with Crippen molar-refractivity contribution in [3.05, 3.63) is 29.7 Å². The summed E-state index contributed by atoms with van der Waals surface area (Å²) < 4.78 is 5.28. The van der Waals surface area contributed by atoms with Gasteiger partial charge in [-0.2, -0.15) is 0 Å². The van der Waals surface area contributed by atoms with Crippen LogP contribution in [0.3, 0.4) is 0 Å². The molecule has 1 N–H and O–H groups in total. The third-order valence-corrected chi connectivity index (χ3v) is 2.33. The average Bonchev–Trinajstić information content (AvgIpc) is 2.56. The number of likely N-dealkylation sites (tertiary alicyclic amines) is 1. The number of aliphatic hydroxyl groups is 1. The molecule has 15 heavy (non-hydrogen) atoms. The quantitative estimate of drug-likeness (QED) is 0.730. The maximum absolute atomic E-state index is 11.4. The Labute approximate surface area is 87.8 Å². The Morgan fingerprint density at radius 2 is 2.33 bits per heavy atom. The second kappa shape index (κ2) is 3.90. The van der Waals surface area contributed by atoms with Crippen LogP contribution in [-0.2, 0) is 4.79 Å². The highest BCUT2D eigenvalue weighted by molar-refractivity contribution is 5.92. The molecule has 1 aliphatic rings. The van der Waals surface area contributed by atoms with Gasteiger partial charge in [-0.3, -0.25) is 4.79 Å². The maximum atomic E-state index is 11.4. The Bertz CT molecular complexity index is 388. The highest BCUT2D eigenvalue weighted by Crippen LogP contribution is 2.11. The van der Waals surface area contributed by atoms with Gasteiger partial charge < -0.3 is 14.4 Å². The second-order valence-corrected chi connectivity index (χ2v) is 3.68. The molecule has 0 atom stereocenters. The molecule has 2 rings (SSSR count). The van der Waals surface area contributed by atoms with Gasteiger partial charge in [0.25, 0.3) is 0 Å². The number of aliphatic hydroxyl groups excluding tert-OH is 1. The zero-order valence-electron chi connectivity index (χ0n) is 8.51. The normalized spacial score (nSPS) is 17.1. The Kier molecular flexibility index (Phi) is 2.60. The van der Waals surface area contributed by atoms with Gasteiger partial charge in [0, 0.05) is 19.2 Å². The lowest BCUT2D eigenvalue weighted by atomic mass is 10.1. The van der Waals surface area contributed by atoms with Gasteiger partial charge in [0.2, 0.25) is 5.91 Å². The van der Waals surface area contributed by atoms with Crippen molar-refractivity contribution in [1.29, 1.82) is 0 Å². The molecule has 4 nitrogen and oxygen atoms in total. The molecule has 0 aromatic carbocycles. The van der Waals surface area contributed by atoms with E-state index in [0.717, 1.165) is 5.76 Å². The lowest BCUT2D eigenvalue weighted by Gasteiger charge is -2.34. The lowest BCUT2D eigenvalue weighted by Crippen LogP contribution is -2.52. The van der Waals surface area contributed by atoms with Gasteiger partial charge in [0.05, 0.1) is 6.10 Å². The molecule has 0 unspecified atom stereocenters. The molecule has 0 bridgehead atoms. The van der Waals surface area contributed by atoms with Crippen LogP contribution in [0.5, 0.6) is 0 Å². The number of hydrogen-bond donors (Lipinski definition) is 1. The summed E-state index contributed by atoms with van der Waals surface area (Å²) in [4.78, 5) is 13.0. The number of β-amino-alcohol motifs (C(OH)–C–C–N with tert-alkyl or cyclic N) is 1. The van der Waals surface area contributed by atoms with Crippen molar-refractivity contribution in [2.75, 3.05) is 13.1 Å². The van der Waals surface area contributed by atoms with E-state index in [9.17, 15) is 4.79 Å². The molecule has 4 heteroatoms. The van der Waals surface area contributed by atoms with E-state index >= 15 is 0 Å². The van der Waals surface area contributed by atoms with Crippen molar-refractivity contribution in [1.82, 2.24) is 4.90 Å². The van der Waals surface area contributed by atoms with Crippen molar-refractivity contribution in [3.63, 3.8) is 0 Å². The van der Waals surface area contributed by atoms with Gasteiger partial charge in [0.1, 0.15) is 11.5 Å². The SMILES string of the molecule is Cc1ccc(/C=C/C(=O)N2CC(O)C2)o1. The summed E-state index contributed by atoms with van der Waals surface area (Å²) in [7, 11) is 0.